The van der Waals surface area contributed by atoms with Crippen LogP contribution in [0.4, 0.5) is 18.9 Å². The molecule has 0 bridgehead atoms. The van der Waals surface area contributed by atoms with E-state index < -0.39 is 11.7 Å². The third-order valence-electron chi connectivity index (χ3n) is 2.38. The number of hydrogen-bond donors (Lipinski definition) is 1. The van der Waals surface area contributed by atoms with E-state index in [1.54, 1.807) is 19.0 Å². The van der Waals surface area contributed by atoms with Gasteiger partial charge in [0.15, 0.2) is 0 Å². The first-order valence-electron chi connectivity index (χ1n) is 5.05. The van der Waals surface area contributed by atoms with Crippen LogP contribution < -0.4 is 10.8 Å². The van der Waals surface area contributed by atoms with E-state index >= 15 is 0 Å². The fraction of sp³-hybridized carbons (Fsp3) is 0.455. The van der Waals surface area contributed by atoms with Gasteiger partial charge in [-0.05, 0) is 30.2 Å². The van der Waals surface area contributed by atoms with Crippen molar-refractivity contribution in [2.75, 3.05) is 25.6 Å². The van der Waals surface area contributed by atoms with Gasteiger partial charge in [-0.2, -0.15) is 13.2 Å². The zero-order valence-electron chi connectivity index (χ0n) is 9.71. The van der Waals surface area contributed by atoms with Crippen LogP contribution in [0.3, 0.4) is 0 Å². The number of benzene rings is 1. The van der Waals surface area contributed by atoms with Gasteiger partial charge in [-0.3, -0.25) is 0 Å². The van der Waals surface area contributed by atoms with Crippen molar-refractivity contribution >= 4 is 5.69 Å². The summed E-state index contributed by atoms with van der Waals surface area (Å²) in [5.41, 5.74) is 0.639. The fourth-order valence-corrected chi connectivity index (χ4v) is 1.57. The van der Waals surface area contributed by atoms with E-state index in [9.17, 15) is 13.2 Å². The average molecular weight is 248 g/mol. The minimum atomic E-state index is -4.33. The van der Waals surface area contributed by atoms with Gasteiger partial charge in [-0.15, -0.1) is 0 Å². The second-order valence-corrected chi connectivity index (χ2v) is 3.86. The van der Waals surface area contributed by atoms with Gasteiger partial charge in [0.25, 0.3) is 0 Å². The lowest BCUT2D eigenvalue weighted by molar-refractivity contribution is -0.137. The molecule has 1 aromatic carbocycles. The molecule has 0 radical (unpaired) electrons. The zero-order chi connectivity index (χ0) is 13.1. The number of nitrogens with two attached hydrogens (primary N) is 1. The number of halogens is 3. The van der Waals surface area contributed by atoms with Gasteiger partial charge in [0, 0.05) is 19.8 Å². The van der Waals surface area contributed by atoms with Gasteiger partial charge >= 0.3 is 6.18 Å². The van der Waals surface area contributed by atoms with E-state index in [2.05, 4.69) is 4.84 Å². The van der Waals surface area contributed by atoms with Crippen LogP contribution in [0.2, 0.25) is 0 Å². The number of nitrogens with zero attached hydrogens (tertiary/aromatic N) is 1. The van der Waals surface area contributed by atoms with Crippen molar-refractivity contribution in [1.29, 1.82) is 0 Å². The summed E-state index contributed by atoms with van der Waals surface area (Å²) in [5.74, 6) is 4.89. The third-order valence-corrected chi connectivity index (χ3v) is 2.38. The first-order chi connectivity index (χ1) is 7.86. The average Bonchev–Trinajstić information content (AvgIpc) is 2.24. The highest BCUT2D eigenvalue weighted by molar-refractivity contribution is 5.54. The second kappa shape index (κ2) is 5.37. The van der Waals surface area contributed by atoms with E-state index in [1.807, 2.05) is 0 Å². The predicted octanol–water partition coefficient (Wildman–Crippen LogP) is 2.20. The van der Waals surface area contributed by atoms with Crippen molar-refractivity contribution in [1.82, 2.24) is 0 Å². The molecule has 0 saturated heterocycles. The fourth-order valence-electron chi connectivity index (χ4n) is 1.57. The summed E-state index contributed by atoms with van der Waals surface area (Å²) in [7, 11) is 3.55. The lowest BCUT2D eigenvalue weighted by Crippen LogP contribution is -2.15. The van der Waals surface area contributed by atoms with E-state index in [1.165, 1.54) is 6.07 Å². The van der Waals surface area contributed by atoms with Crippen LogP contribution in [0.5, 0.6) is 0 Å². The van der Waals surface area contributed by atoms with E-state index in [0.29, 0.717) is 12.0 Å². The maximum absolute atomic E-state index is 12.6. The van der Waals surface area contributed by atoms with Gasteiger partial charge in [-0.25, -0.2) is 5.90 Å². The molecule has 6 heteroatoms. The maximum Gasteiger partial charge on any atom is 0.416 e. The Hall–Kier alpha value is -1.27. The molecule has 0 aliphatic carbocycles. The first-order valence-corrected chi connectivity index (χ1v) is 5.05. The van der Waals surface area contributed by atoms with Gasteiger partial charge < -0.3 is 9.74 Å². The standard InChI is InChI=1S/C11H15F3N2O/c1-16(2)10-4-3-9(11(12,13)14)7-8(10)5-6-17-15/h3-4,7H,5-6,15H2,1-2H3. The molecular formula is C11H15F3N2O. The van der Waals surface area contributed by atoms with Gasteiger partial charge in [0.05, 0.1) is 12.2 Å². The smallest absolute Gasteiger partial charge is 0.377 e. The van der Waals surface area contributed by atoms with Crippen LogP contribution in [-0.2, 0) is 17.4 Å². The first kappa shape index (κ1) is 13.8. The summed E-state index contributed by atoms with van der Waals surface area (Å²) in [4.78, 5) is 6.16. The summed E-state index contributed by atoms with van der Waals surface area (Å²) in [5, 5.41) is 0. The Kier molecular flexibility index (Phi) is 4.36. The molecule has 96 valence electrons. The Morgan fingerprint density at radius 2 is 1.94 bits per heavy atom. The van der Waals surface area contributed by atoms with Crippen molar-refractivity contribution in [3.8, 4) is 0 Å². The molecular weight excluding hydrogens is 233 g/mol. The van der Waals surface area contributed by atoms with Crippen LogP contribution in [0.1, 0.15) is 11.1 Å². The van der Waals surface area contributed by atoms with Crippen molar-refractivity contribution in [3.05, 3.63) is 29.3 Å². The molecule has 3 nitrogen and oxygen atoms in total. The van der Waals surface area contributed by atoms with E-state index in [4.69, 9.17) is 5.90 Å². The Morgan fingerprint density at radius 1 is 1.29 bits per heavy atom. The summed E-state index contributed by atoms with van der Waals surface area (Å²) >= 11 is 0. The minimum Gasteiger partial charge on any atom is -0.377 e. The van der Waals surface area contributed by atoms with Gasteiger partial charge in [0.2, 0.25) is 0 Å². The normalized spacial score (nSPS) is 11.6. The lowest BCUT2D eigenvalue weighted by Gasteiger charge is -2.19. The molecule has 0 aliphatic heterocycles. The van der Waals surface area contributed by atoms with Crippen LogP contribution in [0.15, 0.2) is 18.2 Å². The highest BCUT2D eigenvalue weighted by Crippen LogP contribution is 2.32. The summed E-state index contributed by atoms with van der Waals surface area (Å²) in [6.45, 7) is 0.183. The highest BCUT2D eigenvalue weighted by Gasteiger charge is 2.31. The maximum atomic E-state index is 12.6. The number of alkyl halides is 3. The third kappa shape index (κ3) is 3.61. The molecule has 0 amide bonds. The van der Waals surface area contributed by atoms with Crippen molar-refractivity contribution in [3.63, 3.8) is 0 Å². The summed E-state index contributed by atoms with van der Waals surface area (Å²) in [6, 6.07) is 3.66. The van der Waals surface area contributed by atoms with Crippen LogP contribution in [0, 0.1) is 0 Å². The van der Waals surface area contributed by atoms with Crippen LogP contribution >= 0.6 is 0 Å². The molecule has 0 unspecified atom stereocenters. The van der Waals surface area contributed by atoms with Gasteiger partial charge in [-0.1, -0.05) is 0 Å². The largest absolute Gasteiger partial charge is 0.416 e. The second-order valence-electron chi connectivity index (χ2n) is 3.86. The SMILES string of the molecule is CN(C)c1ccc(C(F)(F)F)cc1CCON. The monoisotopic (exact) mass is 248 g/mol. The van der Waals surface area contributed by atoms with Crippen molar-refractivity contribution in [2.24, 2.45) is 5.90 Å². The lowest BCUT2D eigenvalue weighted by atomic mass is 10.0. The quantitative estimate of drug-likeness (QED) is 0.830. The molecule has 1 aromatic rings. The van der Waals surface area contributed by atoms with Crippen molar-refractivity contribution < 1.29 is 18.0 Å². The molecule has 2 N–H and O–H groups in total. The van der Waals surface area contributed by atoms with Crippen molar-refractivity contribution in [2.45, 2.75) is 12.6 Å². The van der Waals surface area contributed by atoms with Crippen LogP contribution in [-0.4, -0.2) is 20.7 Å². The Balaban J connectivity index is 3.10. The summed E-state index contributed by atoms with van der Waals surface area (Å²) in [6.07, 6.45) is -3.99. The molecule has 17 heavy (non-hydrogen) atoms. The predicted molar refractivity (Wildman–Crippen MR) is 59.6 cm³/mol. The highest BCUT2D eigenvalue weighted by atomic mass is 19.4. The van der Waals surface area contributed by atoms with Gasteiger partial charge in [0.1, 0.15) is 0 Å². The Labute approximate surface area is 97.9 Å². The van der Waals surface area contributed by atoms with E-state index in [-0.39, 0.29) is 6.61 Å². The number of rotatable bonds is 4. The number of anilines is 1. The molecule has 0 aliphatic rings. The molecule has 0 heterocycles. The molecule has 0 fully saturated rings. The van der Waals surface area contributed by atoms with Crippen LogP contribution in [0.25, 0.3) is 0 Å². The molecule has 1 rings (SSSR count). The minimum absolute atomic E-state index is 0.183. The van der Waals surface area contributed by atoms with E-state index in [0.717, 1.165) is 17.8 Å². The number of hydrogen-bond acceptors (Lipinski definition) is 3. The Bertz CT molecular complexity index is 377. The summed E-state index contributed by atoms with van der Waals surface area (Å²) < 4.78 is 37.7. The molecule has 0 atom stereocenters. The molecule has 0 saturated carbocycles. The Morgan fingerprint density at radius 3 is 2.41 bits per heavy atom. The zero-order valence-corrected chi connectivity index (χ0v) is 9.71. The topological polar surface area (TPSA) is 38.5 Å². The molecule has 0 spiro atoms. The molecule has 0 aromatic heterocycles.